The molecule has 0 aliphatic carbocycles. The van der Waals surface area contributed by atoms with Gasteiger partial charge in [0.25, 0.3) is 0 Å². The van der Waals surface area contributed by atoms with E-state index in [1.165, 1.54) is 0 Å². The monoisotopic (exact) mass is 550 g/mol. The van der Waals surface area contributed by atoms with Crippen LogP contribution in [0.4, 0.5) is 5.69 Å². The number of rotatable bonds is 15. The van der Waals surface area contributed by atoms with E-state index in [-0.39, 0.29) is 11.3 Å². The maximum Gasteiger partial charge on any atom is 0.225 e. The van der Waals surface area contributed by atoms with E-state index in [0.29, 0.717) is 36.8 Å². The van der Waals surface area contributed by atoms with Gasteiger partial charge in [0.15, 0.2) is 0 Å². The zero-order valence-corrected chi connectivity index (χ0v) is 24.1. The van der Waals surface area contributed by atoms with Crippen LogP contribution in [-0.4, -0.2) is 63.7 Å². The van der Waals surface area contributed by atoms with Crippen LogP contribution in [0, 0.1) is 0 Å². The molecule has 2 aromatic carbocycles. The molecule has 0 saturated carbocycles. The van der Waals surface area contributed by atoms with Crippen molar-refractivity contribution in [2.24, 2.45) is 0 Å². The van der Waals surface area contributed by atoms with Gasteiger partial charge in [-0.2, -0.15) is 0 Å². The second-order valence-corrected chi connectivity index (χ2v) is 10.7. The van der Waals surface area contributed by atoms with Gasteiger partial charge in [-0.05, 0) is 63.1 Å². The summed E-state index contributed by atoms with van der Waals surface area (Å²) in [6.07, 6.45) is 1.85. The fourth-order valence-corrected chi connectivity index (χ4v) is 5.81. The van der Waals surface area contributed by atoms with Crippen molar-refractivity contribution in [3.63, 3.8) is 0 Å². The minimum atomic E-state index is -0.268. The van der Waals surface area contributed by atoms with E-state index in [2.05, 4.69) is 25.7 Å². The summed E-state index contributed by atoms with van der Waals surface area (Å²) in [5.41, 5.74) is 1.75. The van der Waals surface area contributed by atoms with E-state index in [4.69, 9.17) is 30.5 Å². The lowest BCUT2D eigenvalue weighted by molar-refractivity contribution is -0.116. The Labute approximate surface area is 230 Å². The molecule has 0 bridgehead atoms. The summed E-state index contributed by atoms with van der Waals surface area (Å²) in [5, 5.41) is 0.376. The van der Waals surface area contributed by atoms with E-state index >= 15 is 0 Å². The molecule has 1 amide bonds. The highest BCUT2D eigenvalue weighted by Crippen LogP contribution is 2.54. The highest BCUT2D eigenvalue weighted by Gasteiger charge is 2.36. The van der Waals surface area contributed by atoms with Gasteiger partial charge in [0.2, 0.25) is 5.91 Å². The third kappa shape index (κ3) is 8.26. The van der Waals surface area contributed by atoms with E-state index in [1.54, 1.807) is 30.7 Å². The third-order valence-corrected chi connectivity index (χ3v) is 7.60. The van der Waals surface area contributed by atoms with Crippen molar-refractivity contribution in [2.75, 3.05) is 51.7 Å². The molecule has 1 heterocycles. The van der Waals surface area contributed by atoms with Crippen molar-refractivity contribution < 1.29 is 23.7 Å². The van der Waals surface area contributed by atoms with Crippen molar-refractivity contribution in [3.05, 3.63) is 47.0 Å². The van der Waals surface area contributed by atoms with E-state index in [9.17, 15) is 4.79 Å². The van der Waals surface area contributed by atoms with E-state index < -0.39 is 0 Å². The molecule has 7 nitrogen and oxygen atoms in total. The number of fused-ring (bicyclic) bond motifs is 1. The van der Waals surface area contributed by atoms with Crippen LogP contribution in [-0.2, 0) is 14.3 Å². The molecule has 1 aliphatic heterocycles. The Kier molecular flexibility index (Phi) is 11.9. The smallest absolute Gasteiger partial charge is 0.225 e. The quantitative estimate of drug-likeness (QED) is 0.188. The number of hydrogen-bond donors (Lipinski definition) is 0. The Morgan fingerprint density at radius 3 is 2.59 bits per heavy atom. The highest BCUT2D eigenvalue weighted by atomic mass is 35.5. The maximum atomic E-state index is 12.7. The standard InChI is InChI=1S/C28H39ClN2O5S/c1-6-14-34-19-35-16-13-30(20(2)3)12-7-15-36-26-11-9-23(33-5)18-24(26)28-31(21(4)32)25-10-8-22(29)17-27(25)37-28/h8-11,17-18,20,28H,6-7,12-16,19H2,1-5H3. The molecule has 0 N–H and O–H groups in total. The fourth-order valence-electron chi connectivity index (χ4n) is 4.18. The first kappa shape index (κ1) is 29.6. The number of nitrogens with zero attached hydrogens (tertiary/aromatic N) is 2. The van der Waals surface area contributed by atoms with Gasteiger partial charge >= 0.3 is 0 Å². The Balaban J connectivity index is 1.64. The first-order valence-electron chi connectivity index (χ1n) is 12.8. The van der Waals surface area contributed by atoms with Crippen molar-refractivity contribution in [1.82, 2.24) is 4.90 Å². The van der Waals surface area contributed by atoms with Gasteiger partial charge in [-0.25, -0.2) is 0 Å². The second kappa shape index (κ2) is 14.8. The zero-order chi connectivity index (χ0) is 26.8. The van der Waals surface area contributed by atoms with Gasteiger partial charge in [0.1, 0.15) is 23.7 Å². The molecule has 0 aromatic heterocycles. The average Bonchev–Trinajstić information content (AvgIpc) is 3.25. The minimum absolute atomic E-state index is 0.0396. The van der Waals surface area contributed by atoms with Crippen LogP contribution in [0.2, 0.25) is 5.02 Å². The van der Waals surface area contributed by atoms with Gasteiger partial charge in [-0.1, -0.05) is 30.3 Å². The molecular weight excluding hydrogens is 512 g/mol. The first-order chi connectivity index (χ1) is 17.8. The van der Waals surface area contributed by atoms with E-state index in [0.717, 1.165) is 54.4 Å². The minimum Gasteiger partial charge on any atom is -0.497 e. The Morgan fingerprint density at radius 2 is 1.89 bits per heavy atom. The third-order valence-electron chi connectivity index (χ3n) is 6.09. The van der Waals surface area contributed by atoms with Crippen LogP contribution < -0.4 is 14.4 Å². The van der Waals surface area contributed by atoms with Crippen LogP contribution in [0.15, 0.2) is 41.3 Å². The number of ether oxygens (including phenoxy) is 4. The molecular formula is C28H39ClN2O5S. The molecule has 2 aromatic rings. The Morgan fingerprint density at radius 1 is 1.11 bits per heavy atom. The average molecular weight is 551 g/mol. The Hall–Kier alpha value is -1.97. The highest BCUT2D eigenvalue weighted by molar-refractivity contribution is 8.00. The number of hydrogen-bond acceptors (Lipinski definition) is 7. The predicted octanol–water partition coefficient (Wildman–Crippen LogP) is 6.39. The Bertz CT molecular complexity index is 1020. The summed E-state index contributed by atoms with van der Waals surface area (Å²) in [6.45, 7) is 12.0. The van der Waals surface area contributed by atoms with Crippen LogP contribution in [0.1, 0.15) is 51.5 Å². The SMILES string of the molecule is CCCOCOCCN(CCCOc1ccc(OC)cc1C1Sc2cc(Cl)ccc2N1C(C)=O)C(C)C. The van der Waals surface area contributed by atoms with Crippen molar-refractivity contribution in [2.45, 2.75) is 56.8 Å². The molecule has 204 valence electrons. The maximum absolute atomic E-state index is 12.7. The number of amides is 1. The predicted molar refractivity (Wildman–Crippen MR) is 150 cm³/mol. The lowest BCUT2D eigenvalue weighted by Gasteiger charge is -2.27. The molecule has 0 fully saturated rings. The topological polar surface area (TPSA) is 60.5 Å². The number of halogens is 1. The fraction of sp³-hybridized carbons (Fsp3) is 0.536. The van der Waals surface area contributed by atoms with Crippen LogP contribution >= 0.6 is 23.4 Å². The van der Waals surface area contributed by atoms with Crippen LogP contribution in [0.25, 0.3) is 0 Å². The summed E-state index contributed by atoms with van der Waals surface area (Å²) in [6, 6.07) is 11.8. The van der Waals surface area contributed by atoms with Gasteiger partial charge in [-0.15, -0.1) is 0 Å². The molecule has 0 spiro atoms. The zero-order valence-electron chi connectivity index (χ0n) is 22.5. The summed E-state index contributed by atoms with van der Waals surface area (Å²) in [4.78, 5) is 17.8. The molecule has 1 atom stereocenters. The van der Waals surface area contributed by atoms with Crippen molar-refractivity contribution >= 4 is 35.0 Å². The van der Waals surface area contributed by atoms with Crippen LogP contribution in [0.3, 0.4) is 0 Å². The summed E-state index contributed by atoms with van der Waals surface area (Å²) in [5.74, 6) is 1.42. The van der Waals surface area contributed by atoms with E-state index in [1.807, 2.05) is 36.4 Å². The molecule has 9 heteroatoms. The molecule has 1 unspecified atom stereocenters. The van der Waals surface area contributed by atoms with Gasteiger partial charge in [-0.3, -0.25) is 14.6 Å². The number of anilines is 1. The number of benzene rings is 2. The van der Waals surface area contributed by atoms with Gasteiger partial charge in [0, 0.05) is 48.1 Å². The lowest BCUT2D eigenvalue weighted by atomic mass is 10.1. The number of methoxy groups -OCH3 is 1. The molecule has 0 saturated heterocycles. The molecule has 0 radical (unpaired) electrons. The second-order valence-electron chi connectivity index (χ2n) is 9.14. The number of carbonyl (C=O) groups is 1. The largest absolute Gasteiger partial charge is 0.497 e. The molecule has 37 heavy (non-hydrogen) atoms. The molecule has 3 rings (SSSR count). The summed E-state index contributed by atoms with van der Waals surface area (Å²) in [7, 11) is 1.64. The van der Waals surface area contributed by atoms with Gasteiger partial charge < -0.3 is 18.9 Å². The molecule has 1 aliphatic rings. The lowest BCUT2D eigenvalue weighted by Crippen LogP contribution is -2.35. The van der Waals surface area contributed by atoms with Crippen molar-refractivity contribution in [3.8, 4) is 11.5 Å². The van der Waals surface area contributed by atoms with Gasteiger partial charge in [0.05, 0.1) is 26.0 Å². The summed E-state index contributed by atoms with van der Waals surface area (Å²) < 4.78 is 22.8. The number of carbonyl (C=O) groups excluding carboxylic acids is 1. The summed E-state index contributed by atoms with van der Waals surface area (Å²) >= 11 is 7.83. The van der Waals surface area contributed by atoms with Crippen LogP contribution in [0.5, 0.6) is 11.5 Å². The first-order valence-corrected chi connectivity index (χ1v) is 14.1. The van der Waals surface area contributed by atoms with Crippen molar-refractivity contribution in [1.29, 1.82) is 0 Å². The normalized spacial score (nSPS) is 14.9. The number of thioether (sulfide) groups is 1.